The quantitative estimate of drug-likeness (QED) is 0.607. The molecule has 0 atom stereocenters. The van der Waals surface area contributed by atoms with E-state index in [1.54, 1.807) is 11.8 Å². The van der Waals surface area contributed by atoms with Crippen molar-refractivity contribution >= 4 is 21.8 Å². The molecule has 1 amide bonds. The maximum atomic E-state index is 12.4. The van der Waals surface area contributed by atoms with Gasteiger partial charge in [-0.1, -0.05) is 40.2 Å². The summed E-state index contributed by atoms with van der Waals surface area (Å²) in [5, 5.41) is 7.27. The van der Waals surface area contributed by atoms with Gasteiger partial charge in [0.1, 0.15) is 0 Å². The molecule has 27 heavy (non-hydrogen) atoms. The fraction of sp³-hybridized carbons (Fsp3) is 0.250. The Morgan fingerprint density at radius 3 is 2.63 bits per heavy atom. The smallest absolute Gasteiger partial charge is 0.291 e. The molecule has 1 N–H and O–H groups in total. The number of methoxy groups -OCH3 is 1. The van der Waals surface area contributed by atoms with Crippen LogP contribution < -0.4 is 5.32 Å². The van der Waals surface area contributed by atoms with E-state index in [0.29, 0.717) is 19.0 Å². The third kappa shape index (κ3) is 4.26. The number of halogens is 1. The van der Waals surface area contributed by atoms with Crippen molar-refractivity contribution in [2.24, 2.45) is 0 Å². The van der Waals surface area contributed by atoms with Crippen LogP contribution in [0.2, 0.25) is 0 Å². The summed E-state index contributed by atoms with van der Waals surface area (Å²) in [5.41, 5.74) is 4.02. The highest BCUT2D eigenvalue weighted by Crippen LogP contribution is 2.25. The summed E-state index contributed by atoms with van der Waals surface area (Å²) < 4.78 is 7.68. The Labute approximate surface area is 166 Å². The average molecular weight is 429 g/mol. The minimum absolute atomic E-state index is 0.130. The van der Waals surface area contributed by atoms with Gasteiger partial charge < -0.3 is 10.1 Å². The lowest BCUT2D eigenvalue weighted by Gasteiger charge is -2.11. The summed E-state index contributed by atoms with van der Waals surface area (Å²) in [4.78, 5) is 17.0. The molecule has 0 saturated heterocycles. The van der Waals surface area contributed by atoms with Crippen LogP contribution in [0.5, 0.6) is 0 Å². The Balaban J connectivity index is 2.08. The molecule has 7 heteroatoms. The molecule has 0 unspecified atom stereocenters. The second-order valence-corrected chi connectivity index (χ2v) is 7.06. The van der Waals surface area contributed by atoms with Gasteiger partial charge in [0.15, 0.2) is 5.82 Å². The number of aromatic nitrogens is 3. The minimum Gasteiger partial charge on any atom is -0.383 e. The van der Waals surface area contributed by atoms with Crippen LogP contribution >= 0.6 is 15.9 Å². The van der Waals surface area contributed by atoms with Gasteiger partial charge in [0.25, 0.3) is 5.91 Å². The number of hydrogen-bond donors (Lipinski definition) is 1. The van der Waals surface area contributed by atoms with Gasteiger partial charge in [-0.25, -0.2) is 9.67 Å². The van der Waals surface area contributed by atoms with Gasteiger partial charge in [0, 0.05) is 23.7 Å². The lowest BCUT2D eigenvalue weighted by atomic mass is 10.1. The molecule has 3 aromatic rings. The number of ether oxygens (including phenoxy) is 1. The van der Waals surface area contributed by atoms with Crippen LogP contribution in [0.1, 0.15) is 21.7 Å². The minimum atomic E-state index is -0.325. The first-order valence-corrected chi connectivity index (χ1v) is 9.37. The summed E-state index contributed by atoms with van der Waals surface area (Å²) in [5.74, 6) is 0.424. The van der Waals surface area contributed by atoms with Gasteiger partial charge in [0.05, 0.1) is 12.3 Å². The first-order chi connectivity index (χ1) is 13.0. The summed E-state index contributed by atoms with van der Waals surface area (Å²) >= 11 is 3.45. The second kappa shape index (κ2) is 8.45. The number of nitrogens with zero attached hydrogens (tertiary/aromatic N) is 3. The van der Waals surface area contributed by atoms with Gasteiger partial charge in [-0.2, -0.15) is 0 Å². The highest BCUT2D eigenvalue weighted by molar-refractivity contribution is 9.10. The Morgan fingerprint density at radius 1 is 1.19 bits per heavy atom. The molecule has 0 aliphatic rings. The number of amides is 1. The van der Waals surface area contributed by atoms with Crippen LogP contribution in [0.3, 0.4) is 0 Å². The molecule has 0 saturated carbocycles. The zero-order chi connectivity index (χ0) is 19.4. The molecular weight excluding hydrogens is 408 g/mol. The monoisotopic (exact) mass is 428 g/mol. The van der Waals surface area contributed by atoms with Gasteiger partial charge in [-0.05, 0) is 43.2 Å². The SMILES string of the molecule is COCCNC(=O)c1nc(-c2ccc(Br)cc2)n(-c2cccc(C)c2C)n1. The highest BCUT2D eigenvalue weighted by atomic mass is 79.9. The third-order valence-corrected chi connectivity index (χ3v) is 4.84. The third-order valence-electron chi connectivity index (χ3n) is 4.31. The molecular formula is C20H21BrN4O2. The van der Waals surface area contributed by atoms with E-state index in [9.17, 15) is 4.79 Å². The Morgan fingerprint density at radius 2 is 1.93 bits per heavy atom. The Bertz CT molecular complexity index is 951. The summed E-state index contributed by atoms with van der Waals surface area (Å²) in [7, 11) is 1.59. The van der Waals surface area contributed by atoms with Gasteiger partial charge >= 0.3 is 0 Å². The number of nitrogens with one attached hydrogen (secondary N) is 1. The number of aryl methyl sites for hydroxylation is 1. The Hall–Kier alpha value is -2.51. The molecule has 6 nitrogen and oxygen atoms in total. The zero-order valence-corrected chi connectivity index (χ0v) is 17.1. The van der Waals surface area contributed by atoms with E-state index >= 15 is 0 Å². The van der Waals surface area contributed by atoms with Gasteiger partial charge in [-0.15, -0.1) is 5.10 Å². The number of hydrogen-bond acceptors (Lipinski definition) is 4. The summed E-state index contributed by atoms with van der Waals surface area (Å²) in [6.45, 7) is 4.92. The molecule has 140 valence electrons. The lowest BCUT2D eigenvalue weighted by molar-refractivity contribution is 0.0927. The van der Waals surface area contributed by atoms with Gasteiger partial charge in [0.2, 0.25) is 5.82 Å². The number of carbonyl (C=O) groups excluding carboxylic acids is 1. The Kier molecular flexibility index (Phi) is 6.03. The van der Waals surface area contributed by atoms with Crippen molar-refractivity contribution in [2.75, 3.05) is 20.3 Å². The van der Waals surface area contributed by atoms with Crippen LogP contribution in [0.25, 0.3) is 17.1 Å². The fourth-order valence-electron chi connectivity index (χ4n) is 2.67. The predicted molar refractivity (Wildman–Crippen MR) is 108 cm³/mol. The van der Waals surface area contributed by atoms with E-state index in [1.165, 1.54) is 0 Å². The van der Waals surface area contributed by atoms with Gasteiger partial charge in [-0.3, -0.25) is 4.79 Å². The van der Waals surface area contributed by atoms with E-state index < -0.39 is 0 Å². The van der Waals surface area contributed by atoms with Crippen LogP contribution in [-0.2, 0) is 4.74 Å². The van der Waals surface area contributed by atoms with Crippen LogP contribution in [0.15, 0.2) is 46.9 Å². The summed E-state index contributed by atoms with van der Waals surface area (Å²) in [6.07, 6.45) is 0. The van der Waals surface area contributed by atoms with Crippen molar-refractivity contribution in [3.05, 3.63) is 63.9 Å². The molecule has 0 radical (unpaired) electrons. The van der Waals surface area contributed by atoms with E-state index in [0.717, 1.165) is 26.9 Å². The lowest BCUT2D eigenvalue weighted by Crippen LogP contribution is -2.28. The van der Waals surface area contributed by atoms with E-state index in [2.05, 4.69) is 31.3 Å². The summed E-state index contributed by atoms with van der Waals surface area (Å²) in [6, 6.07) is 13.8. The number of rotatable bonds is 6. The number of carbonyl (C=O) groups is 1. The fourth-order valence-corrected chi connectivity index (χ4v) is 2.94. The first-order valence-electron chi connectivity index (χ1n) is 8.58. The molecule has 0 fully saturated rings. The van der Waals surface area contributed by atoms with E-state index in [1.807, 2.05) is 56.3 Å². The largest absolute Gasteiger partial charge is 0.383 e. The standard InChI is InChI=1S/C20H21BrN4O2/c1-13-5-4-6-17(14(13)2)25-19(15-7-9-16(21)10-8-15)23-18(24-25)20(26)22-11-12-27-3/h4-10H,11-12H2,1-3H3,(H,22,26). The zero-order valence-electron chi connectivity index (χ0n) is 15.5. The molecule has 2 aromatic carbocycles. The second-order valence-electron chi connectivity index (χ2n) is 6.15. The molecule has 0 spiro atoms. The van der Waals surface area contributed by atoms with Crippen molar-refractivity contribution in [1.29, 1.82) is 0 Å². The normalized spacial score (nSPS) is 10.8. The molecule has 0 aliphatic heterocycles. The predicted octanol–water partition coefficient (Wildman–Crippen LogP) is 3.69. The van der Waals surface area contributed by atoms with Crippen molar-refractivity contribution in [2.45, 2.75) is 13.8 Å². The van der Waals surface area contributed by atoms with Crippen LogP contribution in [-0.4, -0.2) is 40.9 Å². The van der Waals surface area contributed by atoms with Crippen LogP contribution in [0.4, 0.5) is 0 Å². The molecule has 1 aromatic heterocycles. The topological polar surface area (TPSA) is 69.0 Å². The van der Waals surface area contributed by atoms with Crippen molar-refractivity contribution < 1.29 is 9.53 Å². The maximum Gasteiger partial charge on any atom is 0.291 e. The van der Waals surface area contributed by atoms with E-state index in [4.69, 9.17) is 4.74 Å². The highest BCUT2D eigenvalue weighted by Gasteiger charge is 2.19. The van der Waals surface area contributed by atoms with Crippen molar-refractivity contribution in [3.8, 4) is 17.1 Å². The molecule has 0 aliphatic carbocycles. The molecule has 1 heterocycles. The van der Waals surface area contributed by atoms with Crippen LogP contribution in [0, 0.1) is 13.8 Å². The van der Waals surface area contributed by atoms with Crippen molar-refractivity contribution in [3.63, 3.8) is 0 Å². The molecule has 0 bridgehead atoms. The average Bonchev–Trinajstić information content (AvgIpc) is 3.10. The molecule has 3 rings (SSSR count). The first kappa shape index (κ1) is 19.3. The van der Waals surface area contributed by atoms with E-state index in [-0.39, 0.29) is 11.7 Å². The van der Waals surface area contributed by atoms with Crippen molar-refractivity contribution in [1.82, 2.24) is 20.1 Å². The number of benzene rings is 2. The maximum absolute atomic E-state index is 12.4.